The molecule has 1 unspecified atom stereocenters. The minimum Gasteiger partial charge on any atom is -0.489 e. The van der Waals surface area contributed by atoms with Crippen LogP contribution in [-0.4, -0.2) is 18.2 Å². The van der Waals surface area contributed by atoms with Crippen molar-refractivity contribution in [2.24, 2.45) is 5.92 Å². The number of ether oxygens (including phenoxy) is 1. The molecule has 1 aromatic carbocycles. The van der Waals surface area contributed by atoms with Gasteiger partial charge >= 0.3 is 0 Å². The zero-order valence-corrected chi connectivity index (χ0v) is 15.1. The van der Waals surface area contributed by atoms with Gasteiger partial charge in [-0.05, 0) is 56.7 Å². The van der Waals surface area contributed by atoms with E-state index >= 15 is 0 Å². The molecule has 2 nitrogen and oxygen atoms in total. The van der Waals surface area contributed by atoms with Gasteiger partial charge in [0.15, 0.2) is 0 Å². The Morgan fingerprint density at radius 1 is 1.10 bits per heavy atom. The predicted molar refractivity (Wildman–Crippen MR) is 92.3 cm³/mol. The van der Waals surface area contributed by atoms with Gasteiger partial charge in [0, 0.05) is 12.1 Å². The van der Waals surface area contributed by atoms with Crippen molar-refractivity contribution in [3.63, 3.8) is 0 Å². The maximum absolute atomic E-state index is 6.33. The maximum atomic E-state index is 6.33. The maximum Gasteiger partial charge on any atom is 0.122 e. The molecule has 0 saturated carbocycles. The summed E-state index contributed by atoms with van der Waals surface area (Å²) in [5.74, 6) is 2.02. The number of benzene rings is 1. The molecule has 0 aromatic heterocycles. The smallest absolute Gasteiger partial charge is 0.122 e. The fraction of sp³-hybridized carbons (Fsp3) is 0.684. The highest BCUT2D eigenvalue weighted by molar-refractivity contribution is 5.38. The Hall–Kier alpha value is -1.02. The molecule has 0 aliphatic carbocycles. The summed E-state index contributed by atoms with van der Waals surface area (Å²) in [6.07, 6.45) is 0.185. The molecule has 0 heterocycles. The highest BCUT2D eigenvalue weighted by atomic mass is 16.5. The van der Waals surface area contributed by atoms with E-state index < -0.39 is 0 Å². The van der Waals surface area contributed by atoms with Crippen LogP contribution in [0.25, 0.3) is 0 Å². The van der Waals surface area contributed by atoms with Gasteiger partial charge in [0.25, 0.3) is 0 Å². The monoisotopic (exact) mass is 291 g/mol. The molecule has 0 amide bonds. The molecule has 1 aromatic rings. The topological polar surface area (TPSA) is 21.3 Å². The third kappa shape index (κ3) is 6.09. The lowest BCUT2D eigenvalue weighted by Crippen LogP contribution is -2.44. The standard InChI is InChI=1S/C19H33NO/c1-13(2)16-10-9-15(5)17(11-16)21-18(14(3)4)12-20-19(6,7)8/h9-11,13-14,18,20H,12H2,1-8H3. The lowest BCUT2D eigenvalue weighted by Gasteiger charge is -2.29. The molecule has 0 aliphatic rings. The van der Waals surface area contributed by atoms with Crippen LogP contribution < -0.4 is 10.1 Å². The Balaban J connectivity index is 2.86. The second-order valence-electron chi connectivity index (χ2n) is 7.71. The van der Waals surface area contributed by atoms with Crippen molar-refractivity contribution in [1.82, 2.24) is 5.32 Å². The molecule has 0 fully saturated rings. The molecule has 120 valence electrons. The molecule has 0 bridgehead atoms. The summed E-state index contributed by atoms with van der Waals surface area (Å²) in [6, 6.07) is 6.57. The molecule has 0 radical (unpaired) electrons. The lowest BCUT2D eigenvalue weighted by atomic mass is 10.0. The van der Waals surface area contributed by atoms with Crippen LogP contribution in [0.5, 0.6) is 5.75 Å². The van der Waals surface area contributed by atoms with Crippen molar-refractivity contribution in [3.05, 3.63) is 29.3 Å². The molecule has 0 saturated heterocycles. The van der Waals surface area contributed by atoms with Crippen molar-refractivity contribution in [2.45, 2.75) is 73.0 Å². The van der Waals surface area contributed by atoms with Gasteiger partial charge in [-0.1, -0.05) is 39.8 Å². The minimum atomic E-state index is 0.116. The Labute approximate surface area is 131 Å². The van der Waals surface area contributed by atoms with Crippen molar-refractivity contribution in [3.8, 4) is 5.75 Å². The number of rotatable bonds is 6. The number of hydrogen-bond donors (Lipinski definition) is 1. The van der Waals surface area contributed by atoms with Gasteiger partial charge in [-0.25, -0.2) is 0 Å². The quantitative estimate of drug-likeness (QED) is 0.804. The van der Waals surface area contributed by atoms with Crippen LogP contribution in [0, 0.1) is 12.8 Å². The largest absolute Gasteiger partial charge is 0.489 e. The summed E-state index contributed by atoms with van der Waals surface area (Å²) in [4.78, 5) is 0. The van der Waals surface area contributed by atoms with E-state index in [-0.39, 0.29) is 11.6 Å². The molecule has 0 spiro atoms. The molecule has 21 heavy (non-hydrogen) atoms. The number of nitrogens with one attached hydrogen (secondary N) is 1. The summed E-state index contributed by atoms with van der Waals surface area (Å²) >= 11 is 0. The first-order chi connectivity index (χ1) is 9.60. The Bertz CT molecular complexity index is 443. The molecule has 2 heteroatoms. The van der Waals surface area contributed by atoms with Crippen molar-refractivity contribution in [1.29, 1.82) is 0 Å². The first-order valence-corrected chi connectivity index (χ1v) is 8.12. The van der Waals surface area contributed by atoms with Crippen molar-refractivity contribution < 1.29 is 4.74 Å². The molecule has 1 rings (SSSR count). The average molecular weight is 291 g/mol. The van der Waals surface area contributed by atoms with E-state index in [1.54, 1.807) is 0 Å². The fourth-order valence-corrected chi connectivity index (χ4v) is 2.09. The van der Waals surface area contributed by atoms with E-state index in [1.807, 2.05) is 0 Å². The highest BCUT2D eigenvalue weighted by Crippen LogP contribution is 2.26. The van der Waals surface area contributed by atoms with Crippen LogP contribution in [0.3, 0.4) is 0 Å². The van der Waals surface area contributed by atoms with Gasteiger partial charge in [0.2, 0.25) is 0 Å². The first kappa shape index (κ1) is 18.0. The van der Waals surface area contributed by atoms with Crippen molar-refractivity contribution >= 4 is 0 Å². The van der Waals surface area contributed by atoms with Crippen LogP contribution >= 0.6 is 0 Å². The van der Waals surface area contributed by atoms with Crippen LogP contribution in [0.2, 0.25) is 0 Å². The minimum absolute atomic E-state index is 0.116. The molecular weight excluding hydrogens is 258 g/mol. The molecular formula is C19H33NO. The number of aryl methyl sites for hydroxylation is 1. The summed E-state index contributed by atoms with van der Waals surface area (Å²) in [6.45, 7) is 18.4. The number of hydrogen-bond acceptors (Lipinski definition) is 2. The van der Waals surface area contributed by atoms with Crippen LogP contribution in [0.4, 0.5) is 0 Å². The third-order valence-corrected chi connectivity index (χ3v) is 3.73. The predicted octanol–water partition coefficient (Wildman–Crippen LogP) is 4.91. The van der Waals surface area contributed by atoms with Crippen molar-refractivity contribution in [2.75, 3.05) is 6.54 Å². The highest BCUT2D eigenvalue weighted by Gasteiger charge is 2.19. The first-order valence-electron chi connectivity index (χ1n) is 8.12. The fourth-order valence-electron chi connectivity index (χ4n) is 2.09. The Kier molecular flexibility index (Phi) is 6.27. The Morgan fingerprint density at radius 2 is 1.71 bits per heavy atom. The Morgan fingerprint density at radius 3 is 2.19 bits per heavy atom. The normalized spacial score (nSPS) is 13.8. The van der Waals surface area contributed by atoms with E-state index in [2.05, 4.69) is 78.9 Å². The van der Waals surface area contributed by atoms with Gasteiger partial charge in [-0.3, -0.25) is 0 Å². The van der Waals surface area contributed by atoms with E-state index in [9.17, 15) is 0 Å². The van der Waals surface area contributed by atoms with Crippen LogP contribution in [-0.2, 0) is 0 Å². The van der Waals surface area contributed by atoms with Gasteiger partial charge in [0.1, 0.15) is 11.9 Å². The van der Waals surface area contributed by atoms with E-state index in [4.69, 9.17) is 4.74 Å². The van der Waals surface area contributed by atoms with E-state index in [1.165, 1.54) is 11.1 Å². The van der Waals surface area contributed by atoms with E-state index in [0.29, 0.717) is 11.8 Å². The van der Waals surface area contributed by atoms with Crippen LogP contribution in [0.15, 0.2) is 18.2 Å². The summed E-state index contributed by atoms with van der Waals surface area (Å²) in [5.41, 5.74) is 2.66. The summed E-state index contributed by atoms with van der Waals surface area (Å²) in [5, 5.41) is 3.56. The molecule has 1 atom stereocenters. The zero-order valence-electron chi connectivity index (χ0n) is 15.1. The van der Waals surface area contributed by atoms with Gasteiger partial charge in [0.05, 0.1) is 0 Å². The average Bonchev–Trinajstić information content (AvgIpc) is 2.34. The molecule has 0 aliphatic heterocycles. The third-order valence-electron chi connectivity index (χ3n) is 3.73. The van der Waals surface area contributed by atoms with Gasteiger partial charge in [-0.15, -0.1) is 0 Å². The lowest BCUT2D eigenvalue weighted by molar-refractivity contribution is 0.138. The van der Waals surface area contributed by atoms with Crippen LogP contribution in [0.1, 0.15) is 65.5 Å². The van der Waals surface area contributed by atoms with Gasteiger partial charge < -0.3 is 10.1 Å². The van der Waals surface area contributed by atoms with Gasteiger partial charge in [-0.2, -0.15) is 0 Å². The van der Waals surface area contributed by atoms with E-state index in [0.717, 1.165) is 12.3 Å². The summed E-state index contributed by atoms with van der Waals surface area (Å²) < 4.78 is 6.33. The second-order valence-corrected chi connectivity index (χ2v) is 7.71. The summed E-state index contributed by atoms with van der Waals surface area (Å²) in [7, 11) is 0. The molecule has 1 N–H and O–H groups in total. The second kappa shape index (κ2) is 7.31. The SMILES string of the molecule is Cc1ccc(C(C)C)cc1OC(CNC(C)(C)C)C(C)C. The zero-order chi connectivity index (χ0) is 16.2.